The molecule has 1 aliphatic rings. The molecule has 6 rings (SSSR count). The number of Topliss-reactive ketones (excluding diaryl/α,β-unsaturated/α-hetero) is 1. The quantitative estimate of drug-likeness (QED) is 0.183. The van der Waals surface area contributed by atoms with Gasteiger partial charge in [-0.1, -0.05) is 83.5 Å². The number of rotatable bonds is 7. The number of carbonyl (C=O) groups is 3. The van der Waals surface area contributed by atoms with Crippen molar-refractivity contribution in [1.82, 2.24) is 14.4 Å². The number of ketones is 1. The zero-order valence-electron chi connectivity index (χ0n) is 24.9. The number of amides is 2. The van der Waals surface area contributed by atoms with E-state index in [4.69, 9.17) is 0 Å². The van der Waals surface area contributed by atoms with Crippen molar-refractivity contribution in [1.29, 1.82) is 0 Å². The van der Waals surface area contributed by atoms with Gasteiger partial charge in [0.1, 0.15) is 0 Å². The Kier molecular flexibility index (Phi) is 8.76. The van der Waals surface area contributed by atoms with Gasteiger partial charge in [0.15, 0.2) is 5.78 Å². The Bertz CT molecular complexity index is 1950. The first-order valence-corrected chi connectivity index (χ1v) is 15.8. The van der Waals surface area contributed by atoms with Crippen LogP contribution in [-0.2, 0) is 6.54 Å². The van der Waals surface area contributed by atoms with Crippen molar-refractivity contribution < 1.29 is 14.4 Å². The molecule has 1 fully saturated rings. The van der Waals surface area contributed by atoms with Gasteiger partial charge in [0.25, 0.3) is 17.4 Å². The second kappa shape index (κ2) is 13.0. The Labute approximate surface area is 269 Å². The van der Waals surface area contributed by atoms with Gasteiger partial charge in [-0.25, -0.2) is 0 Å². The van der Waals surface area contributed by atoms with E-state index < -0.39 is 0 Å². The van der Waals surface area contributed by atoms with Crippen molar-refractivity contribution >= 4 is 44.3 Å². The average Bonchev–Trinajstić information content (AvgIpc) is 3.09. The van der Waals surface area contributed by atoms with Crippen LogP contribution in [0.25, 0.3) is 21.9 Å². The summed E-state index contributed by atoms with van der Waals surface area (Å²) in [5.74, 6) is -0.250. The Balaban J connectivity index is 1.27. The second-order valence-corrected chi connectivity index (χ2v) is 12.0. The molecule has 0 N–H and O–H groups in total. The van der Waals surface area contributed by atoms with Gasteiger partial charge in [0, 0.05) is 59.1 Å². The maximum atomic E-state index is 13.9. The minimum absolute atomic E-state index is 0.0278. The first kappa shape index (κ1) is 30.2. The first-order chi connectivity index (χ1) is 21.9. The summed E-state index contributed by atoms with van der Waals surface area (Å²) in [6.45, 7) is 3.82. The van der Waals surface area contributed by atoms with E-state index in [1.165, 1.54) is 0 Å². The van der Waals surface area contributed by atoms with Crippen LogP contribution in [0.2, 0.25) is 0 Å². The zero-order valence-corrected chi connectivity index (χ0v) is 26.5. The molecule has 226 valence electrons. The Morgan fingerprint density at radius 1 is 0.689 bits per heavy atom. The third-order valence-corrected chi connectivity index (χ3v) is 8.79. The number of pyridine rings is 1. The summed E-state index contributed by atoms with van der Waals surface area (Å²) in [6.07, 6.45) is 0.246. The summed E-state index contributed by atoms with van der Waals surface area (Å²) in [4.78, 5) is 57.1. The van der Waals surface area contributed by atoms with E-state index in [-0.39, 0.29) is 36.1 Å². The molecule has 1 aliphatic heterocycles. The molecule has 2 amide bonds. The summed E-state index contributed by atoms with van der Waals surface area (Å²) in [5.41, 5.74) is 3.71. The number of halogens is 1. The lowest BCUT2D eigenvalue weighted by atomic mass is 9.94. The normalized spacial score (nSPS) is 13.2. The highest BCUT2D eigenvalue weighted by molar-refractivity contribution is 9.10. The molecule has 1 aromatic heterocycles. The van der Waals surface area contributed by atoms with E-state index in [1.807, 2.05) is 72.8 Å². The highest BCUT2D eigenvalue weighted by Gasteiger charge is 2.26. The molecule has 8 heteroatoms. The van der Waals surface area contributed by atoms with Crippen molar-refractivity contribution in [2.45, 2.75) is 19.9 Å². The van der Waals surface area contributed by atoms with Gasteiger partial charge in [-0.15, -0.1) is 0 Å². The highest BCUT2D eigenvalue weighted by Crippen LogP contribution is 2.33. The van der Waals surface area contributed by atoms with Crippen LogP contribution in [0.3, 0.4) is 0 Å². The minimum Gasteiger partial charge on any atom is -0.335 e. The van der Waals surface area contributed by atoms with Crippen LogP contribution in [0.4, 0.5) is 0 Å². The number of hydrogen-bond acceptors (Lipinski definition) is 4. The lowest BCUT2D eigenvalue weighted by molar-refractivity contribution is 0.0535. The number of fused-ring (bicyclic) bond motifs is 1. The molecule has 7 nitrogen and oxygen atoms in total. The lowest BCUT2D eigenvalue weighted by Crippen LogP contribution is -2.50. The number of piperazine rings is 1. The van der Waals surface area contributed by atoms with E-state index in [1.54, 1.807) is 51.6 Å². The van der Waals surface area contributed by atoms with E-state index >= 15 is 0 Å². The molecule has 4 aromatic carbocycles. The van der Waals surface area contributed by atoms with E-state index in [9.17, 15) is 19.2 Å². The van der Waals surface area contributed by atoms with Gasteiger partial charge in [0.2, 0.25) is 0 Å². The number of benzene rings is 4. The summed E-state index contributed by atoms with van der Waals surface area (Å²) in [5, 5.41) is 1.25. The van der Waals surface area contributed by atoms with Gasteiger partial charge < -0.3 is 9.80 Å². The fourth-order valence-corrected chi connectivity index (χ4v) is 6.28. The molecule has 5 aromatic rings. The van der Waals surface area contributed by atoms with Gasteiger partial charge >= 0.3 is 0 Å². The standard InChI is InChI=1S/C37H32BrN3O4/c1-2-32(42)34-33(26-9-5-3-6-10-26)31-23-29(38)17-18-30(31)37(45)41(34)24-25-13-15-28(16-14-25)36(44)40-21-19-39(20-22-40)35(43)27-11-7-4-8-12-27/h3-18,23H,2,19-22,24H2,1H3. The van der Waals surface area contributed by atoms with Crippen LogP contribution in [0, 0.1) is 0 Å². The Morgan fingerprint density at radius 3 is 1.82 bits per heavy atom. The lowest BCUT2D eigenvalue weighted by Gasteiger charge is -2.35. The van der Waals surface area contributed by atoms with E-state index in [0.29, 0.717) is 48.4 Å². The van der Waals surface area contributed by atoms with Gasteiger partial charge in [-0.05, 0) is 59.0 Å². The number of hydrogen-bond donors (Lipinski definition) is 0. The number of nitrogens with zero attached hydrogens (tertiary/aromatic N) is 3. The Hall–Kier alpha value is -4.82. The molecule has 0 radical (unpaired) electrons. The van der Waals surface area contributed by atoms with Crippen molar-refractivity contribution in [3.63, 3.8) is 0 Å². The summed E-state index contributed by atoms with van der Waals surface area (Å²) in [6, 6.07) is 31.6. The molecule has 0 spiro atoms. The number of aromatic nitrogens is 1. The third kappa shape index (κ3) is 6.11. The predicted molar refractivity (Wildman–Crippen MR) is 180 cm³/mol. The van der Waals surface area contributed by atoms with E-state index in [0.717, 1.165) is 26.5 Å². The zero-order chi connectivity index (χ0) is 31.5. The molecule has 45 heavy (non-hydrogen) atoms. The SMILES string of the molecule is CCC(=O)c1c(-c2ccccc2)c2cc(Br)ccc2c(=O)n1Cc1ccc(C(=O)N2CCN(C(=O)c3ccccc3)CC2)cc1. The highest BCUT2D eigenvalue weighted by atomic mass is 79.9. The molecule has 0 bridgehead atoms. The second-order valence-electron chi connectivity index (χ2n) is 11.1. The van der Waals surface area contributed by atoms with E-state index in [2.05, 4.69) is 15.9 Å². The predicted octanol–water partition coefficient (Wildman–Crippen LogP) is 6.67. The minimum atomic E-state index is -0.239. The fourth-order valence-electron chi connectivity index (χ4n) is 5.92. The monoisotopic (exact) mass is 661 g/mol. The molecule has 0 atom stereocenters. The molecular weight excluding hydrogens is 630 g/mol. The van der Waals surface area contributed by atoms with Crippen molar-refractivity contribution in [2.24, 2.45) is 0 Å². The van der Waals surface area contributed by atoms with Gasteiger partial charge in [-0.3, -0.25) is 23.7 Å². The molecule has 2 heterocycles. The largest absolute Gasteiger partial charge is 0.335 e. The molecule has 0 unspecified atom stereocenters. The van der Waals surface area contributed by atoms with Crippen molar-refractivity contribution in [3.05, 3.63) is 140 Å². The third-order valence-electron chi connectivity index (χ3n) is 8.30. The topological polar surface area (TPSA) is 79.7 Å². The first-order valence-electron chi connectivity index (χ1n) is 15.0. The van der Waals surface area contributed by atoms with Crippen LogP contribution in [0.15, 0.2) is 112 Å². The fraction of sp³-hybridized carbons (Fsp3) is 0.189. The van der Waals surface area contributed by atoms with Crippen LogP contribution >= 0.6 is 15.9 Å². The number of carbonyl (C=O) groups excluding carboxylic acids is 3. The molecule has 1 saturated heterocycles. The van der Waals surface area contributed by atoms with Crippen LogP contribution in [-0.4, -0.2) is 58.1 Å². The van der Waals surface area contributed by atoms with Gasteiger partial charge in [0.05, 0.1) is 12.2 Å². The summed E-state index contributed by atoms with van der Waals surface area (Å²) in [7, 11) is 0. The van der Waals surface area contributed by atoms with Crippen LogP contribution < -0.4 is 5.56 Å². The molecule has 0 aliphatic carbocycles. The maximum Gasteiger partial charge on any atom is 0.259 e. The van der Waals surface area contributed by atoms with Crippen LogP contribution in [0.5, 0.6) is 0 Å². The molecular formula is C37H32BrN3O4. The Morgan fingerprint density at radius 2 is 1.24 bits per heavy atom. The molecule has 0 saturated carbocycles. The summed E-state index contributed by atoms with van der Waals surface area (Å²) >= 11 is 3.54. The average molecular weight is 663 g/mol. The van der Waals surface area contributed by atoms with Crippen molar-refractivity contribution in [3.8, 4) is 11.1 Å². The maximum absolute atomic E-state index is 13.9. The smallest absolute Gasteiger partial charge is 0.259 e. The van der Waals surface area contributed by atoms with Gasteiger partial charge in [-0.2, -0.15) is 0 Å². The summed E-state index contributed by atoms with van der Waals surface area (Å²) < 4.78 is 2.40. The van der Waals surface area contributed by atoms with Crippen molar-refractivity contribution in [2.75, 3.05) is 26.2 Å². The van der Waals surface area contributed by atoms with Crippen LogP contribution in [0.1, 0.15) is 50.1 Å².